The van der Waals surface area contributed by atoms with Gasteiger partial charge in [0.1, 0.15) is 23.9 Å². The second-order valence-corrected chi connectivity index (χ2v) is 11.6. The summed E-state index contributed by atoms with van der Waals surface area (Å²) in [5.41, 5.74) is 21.7. The molecule has 0 fully saturated rings. The van der Waals surface area contributed by atoms with Crippen LogP contribution in [0.5, 0.6) is 5.75 Å². The molecule has 0 bridgehead atoms. The molecule has 3 aromatic carbocycles. The predicted molar refractivity (Wildman–Crippen MR) is 177 cm³/mol. The third kappa shape index (κ3) is 11.0. The maximum Gasteiger partial charge on any atom is 0.243 e. The normalized spacial score (nSPS) is 13.6. The Labute approximate surface area is 270 Å². The first-order valence-electron chi connectivity index (χ1n) is 15.5. The molecule has 4 amide bonds. The molecule has 3 rings (SSSR count). The lowest BCUT2D eigenvalue weighted by atomic mass is 9.95. The molecule has 0 radical (unpaired) electrons. The van der Waals surface area contributed by atoms with Crippen LogP contribution in [0.15, 0.2) is 72.8 Å². The number of nitrogens with one attached hydrogen (secondary N) is 3. The van der Waals surface area contributed by atoms with Gasteiger partial charge in [0.25, 0.3) is 0 Å². The van der Waals surface area contributed by atoms with Crippen molar-refractivity contribution in [3.05, 3.63) is 101 Å². The van der Waals surface area contributed by atoms with Crippen molar-refractivity contribution in [2.24, 2.45) is 17.2 Å². The predicted octanol–water partition coefficient (Wildman–Crippen LogP) is 1.43. The first kappa shape index (κ1) is 35.7. The molecule has 0 aliphatic rings. The average Bonchev–Trinajstić information content (AvgIpc) is 3.02. The maximum absolute atomic E-state index is 13.7. The molecule has 0 unspecified atom stereocenters. The molecule has 246 valence electrons. The number of rotatable bonds is 17. The highest BCUT2D eigenvalue weighted by Gasteiger charge is 2.30. The Bertz CT molecular complexity index is 1440. The van der Waals surface area contributed by atoms with Gasteiger partial charge < -0.3 is 38.3 Å². The van der Waals surface area contributed by atoms with Gasteiger partial charge in [-0.1, -0.05) is 60.7 Å². The number of carbonyl (C=O) groups is 4. The fourth-order valence-corrected chi connectivity index (χ4v) is 5.32. The monoisotopic (exact) mass is 630 g/mol. The van der Waals surface area contributed by atoms with Crippen LogP contribution in [-0.2, 0) is 38.4 Å². The van der Waals surface area contributed by atoms with E-state index in [9.17, 15) is 24.3 Å². The van der Waals surface area contributed by atoms with Gasteiger partial charge in [-0.05, 0) is 86.0 Å². The fourth-order valence-electron chi connectivity index (χ4n) is 5.32. The molecule has 46 heavy (non-hydrogen) atoms. The van der Waals surface area contributed by atoms with Crippen LogP contribution in [0.4, 0.5) is 0 Å². The largest absolute Gasteiger partial charge is 0.508 e. The number of primary amides is 1. The summed E-state index contributed by atoms with van der Waals surface area (Å²) in [6.07, 6.45) is 1.98. The van der Waals surface area contributed by atoms with Gasteiger partial charge in [-0.3, -0.25) is 19.2 Å². The zero-order chi connectivity index (χ0) is 33.6. The first-order valence-corrected chi connectivity index (χ1v) is 15.5. The van der Waals surface area contributed by atoms with Crippen molar-refractivity contribution in [1.29, 1.82) is 0 Å². The SMILES string of the molecule is Cc1cc(O)cc(C)c1C[C@H](N)C(=O)N[C@H](CCCCN)C(=O)N[C@@H](Cc1ccccc1)C(=O)N[C@@H](Cc1ccccc1)C(N)=O. The summed E-state index contributed by atoms with van der Waals surface area (Å²) < 4.78 is 0. The van der Waals surface area contributed by atoms with Gasteiger partial charge in [0.15, 0.2) is 0 Å². The standard InChI is InChI=1S/C35H46N6O5/c1-22-17-26(42)18-23(2)27(22)21-28(37)33(44)39-29(15-9-10-16-36)34(45)41-31(20-25-13-7-4-8-14-25)35(46)40-30(32(38)43)19-24-11-5-3-6-12-24/h3-8,11-14,17-18,28-31,42H,9-10,15-16,19-21,36-37H2,1-2H3,(H2,38,43)(H,39,44)(H,40,46)(H,41,45)/t28-,29+,30-,31-/m0/s1. The van der Waals surface area contributed by atoms with Gasteiger partial charge in [-0.15, -0.1) is 0 Å². The number of hydrogen-bond acceptors (Lipinski definition) is 7. The fraction of sp³-hybridized carbons (Fsp3) is 0.371. The van der Waals surface area contributed by atoms with Crippen LogP contribution >= 0.6 is 0 Å². The molecule has 4 atom stereocenters. The molecule has 0 saturated heterocycles. The number of unbranched alkanes of at least 4 members (excludes halogenated alkanes) is 1. The molecular weight excluding hydrogens is 584 g/mol. The molecule has 0 spiro atoms. The van der Waals surface area contributed by atoms with E-state index < -0.39 is 47.8 Å². The lowest BCUT2D eigenvalue weighted by Crippen LogP contribution is -2.58. The van der Waals surface area contributed by atoms with E-state index in [4.69, 9.17) is 17.2 Å². The summed E-state index contributed by atoms with van der Waals surface area (Å²) in [5.74, 6) is -2.25. The van der Waals surface area contributed by atoms with Crippen molar-refractivity contribution in [2.45, 2.75) is 76.5 Å². The van der Waals surface area contributed by atoms with Crippen LogP contribution in [-0.4, -0.2) is 59.4 Å². The van der Waals surface area contributed by atoms with Gasteiger partial charge in [-0.2, -0.15) is 0 Å². The Morgan fingerprint density at radius 2 is 1.17 bits per heavy atom. The molecule has 0 saturated carbocycles. The van der Waals surface area contributed by atoms with E-state index in [0.717, 1.165) is 27.8 Å². The van der Waals surface area contributed by atoms with E-state index in [0.29, 0.717) is 19.4 Å². The van der Waals surface area contributed by atoms with Crippen LogP contribution in [0.3, 0.4) is 0 Å². The molecule has 0 aliphatic carbocycles. The lowest BCUT2D eigenvalue weighted by molar-refractivity contribution is -0.133. The molecule has 10 N–H and O–H groups in total. The topological polar surface area (TPSA) is 203 Å². The Morgan fingerprint density at radius 1 is 0.696 bits per heavy atom. The highest BCUT2D eigenvalue weighted by atomic mass is 16.3. The minimum absolute atomic E-state index is 0.129. The van der Waals surface area contributed by atoms with E-state index in [-0.39, 0.29) is 31.4 Å². The van der Waals surface area contributed by atoms with Gasteiger partial charge in [0.2, 0.25) is 23.6 Å². The lowest BCUT2D eigenvalue weighted by Gasteiger charge is -2.26. The van der Waals surface area contributed by atoms with Crippen LogP contribution in [0.1, 0.15) is 47.1 Å². The summed E-state index contributed by atoms with van der Waals surface area (Å²) in [6.45, 7) is 4.07. The zero-order valence-electron chi connectivity index (χ0n) is 26.5. The number of amides is 4. The summed E-state index contributed by atoms with van der Waals surface area (Å²) in [6, 6.07) is 17.5. The van der Waals surface area contributed by atoms with Gasteiger partial charge in [0.05, 0.1) is 6.04 Å². The zero-order valence-corrected chi connectivity index (χ0v) is 26.5. The van der Waals surface area contributed by atoms with Crippen molar-refractivity contribution in [1.82, 2.24) is 16.0 Å². The number of nitrogens with two attached hydrogens (primary N) is 3. The van der Waals surface area contributed by atoms with Crippen molar-refractivity contribution >= 4 is 23.6 Å². The Balaban J connectivity index is 1.79. The number of aromatic hydroxyl groups is 1. The van der Waals surface area contributed by atoms with E-state index in [1.54, 1.807) is 12.1 Å². The van der Waals surface area contributed by atoms with Crippen LogP contribution in [0.2, 0.25) is 0 Å². The van der Waals surface area contributed by atoms with Crippen molar-refractivity contribution in [3.8, 4) is 5.75 Å². The number of carbonyl (C=O) groups excluding carboxylic acids is 4. The van der Waals surface area contributed by atoms with Gasteiger partial charge >= 0.3 is 0 Å². The third-order valence-corrected chi connectivity index (χ3v) is 7.88. The third-order valence-electron chi connectivity index (χ3n) is 7.88. The van der Waals surface area contributed by atoms with Crippen molar-refractivity contribution in [3.63, 3.8) is 0 Å². The average molecular weight is 631 g/mol. The number of phenols is 1. The molecule has 11 nitrogen and oxygen atoms in total. The molecule has 11 heteroatoms. The molecule has 0 heterocycles. The Hall–Kier alpha value is -4.74. The van der Waals surface area contributed by atoms with Gasteiger partial charge in [0, 0.05) is 12.8 Å². The second-order valence-electron chi connectivity index (χ2n) is 11.6. The van der Waals surface area contributed by atoms with Crippen LogP contribution in [0, 0.1) is 13.8 Å². The number of hydrogen-bond donors (Lipinski definition) is 7. The van der Waals surface area contributed by atoms with E-state index >= 15 is 0 Å². The molecule has 3 aromatic rings. The maximum atomic E-state index is 13.7. The Morgan fingerprint density at radius 3 is 1.70 bits per heavy atom. The van der Waals surface area contributed by atoms with Crippen molar-refractivity contribution in [2.75, 3.05) is 6.54 Å². The summed E-state index contributed by atoms with van der Waals surface area (Å²) in [7, 11) is 0. The highest BCUT2D eigenvalue weighted by Crippen LogP contribution is 2.22. The molecule has 0 aromatic heterocycles. The Kier molecular flexibility index (Phi) is 13.7. The van der Waals surface area contributed by atoms with E-state index in [1.165, 1.54) is 0 Å². The smallest absolute Gasteiger partial charge is 0.243 e. The summed E-state index contributed by atoms with van der Waals surface area (Å²) >= 11 is 0. The van der Waals surface area contributed by atoms with E-state index in [2.05, 4.69) is 16.0 Å². The second kappa shape index (κ2) is 17.7. The number of phenolic OH excluding ortho intramolecular Hbond substituents is 1. The summed E-state index contributed by atoms with van der Waals surface area (Å²) in [5, 5.41) is 18.2. The van der Waals surface area contributed by atoms with Crippen LogP contribution in [0.25, 0.3) is 0 Å². The van der Waals surface area contributed by atoms with Crippen molar-refractivity contribution < 1.29 is 24.3 Å². The minimum atomic E-state index is -1.07. The summed E-state index contributed by atoms with van der Waals surface area (Å²) in [4.78, 5) is 52.9. The minimum Gasteiger partial charge on any atom is -0.508 e. The molecular formula is C35H46N6O5. The van der Waals surface area contributed by atoms with Crippen LogP contribution < -0.4 is 33.2 Å². The number of benzene rings is 3. The molecule has 0 aliphatic heterocycles. The van der Waals surface area contributed by atoms with E-state index in [1.807, 2.05) is 74.5 Å². The first-order chi connectivity index (χ1) is 22.0. The van der Waals surface area contributed by atoms with Gasteiger partial charge in [-0.25, -0.2) is 0 Å². The number of aryl methyl sites for hydroxylation is 2. The quantitative estimate of drug-likeness (QED) is 0.109. The highest BCUT2D eigenvalue weighted by molar-refractivity contribution is 5.94.